The summed E-state index contributed by atoms with van der Waals surface area (Å²) in [5, 5.41) is 0. The molecule has 0 aliphatic heterocycles. The first-order chi connectivity index (χ1) is 7.22. The largest absolute Gasteiger partial charge is 0.334 e. The number of hydrogen-bond acceptors (Lipinski definition) is 2. The van der Waals surface area contributed by atoms with E-state index in [2.05, 4.69) is 4.98 Å². The van der Waals surface area contributed by atoms with Crippen LogP contribution in [0.1, 0.15) is 10.4 Å². The number of benzene rings is 1. The maximum absolute atomic E-state index is 13.5. The molecule has 4 heteroatoms. The lowest BCUT2D eigenvalue weighted by atomic mass is 10.1. The van der Waals surface area contributed by atoms with Crippen molar-refractivity contribution in [3.05, 3.63) is 42.0 Å². The number of aromatic nitrogens is 2. The highest BCUT2D eigenvalue weighted by atomic mass is 19.1. The van der Waals surface area contributed by atoms with Crippen LogP contribution in [0.15, 0.2) is 30.6 Å². The SMILES string of the molecule is Cn1ccnc1-c1cc(C=O)ccc1F. The Kier molecular flexibility index (Phi) is 2.33. The molecule has 0 atom stereocenters. The zero-order valence-electron chi connectivity index (χ0n) is 8.14. The average molecular weight is 204 g/mol. The number of imidazole rings is 1. The lowest BCUT2D eigenvalue weighted by molar-refractivity contribution is 0.112. The lowest BCUT2D eigenvalue weighted by Crippen LogP contribution is -1.95. The molecule has 0 N–H and O–H groups in total. The molecule has 0 radical (unpaired) electrons. The highest BCUT2D eigenvalue weighted by Gasteiger charge is 2.09. The Labute approximate surface area is 86.2 Å². The van der Waals surface area contributed by atoms with Gasteiger partial charge in [-0.15, -0.1) is 0 Å². The quantitative estimate of drug-likeness (QED) is 0.701. The minimum absolute atomic E-state index is 0.340. The first-order valence-electron chi connectivity index (χ1n) is 4.45. The van der Waals surface area contributed by atoms with Gasteiger partial charge in [0.1, 0.15) is 17.9 Å². The monoisotopic (exact) mass is 204 g/mol. The van der Waals surface area contributed by atoms with Crippen molar-refractivity contribution in [3.63, 3.8) is 0 Å². The molecule has 2 aromatic rings. The maximum atomic E-state index is 13.5. The molecule has 0 aliphatic rings. The summed E-state index contributed by atoms with van der Waals surface area (Å²) in [6, 6.07) is 4.20. The Morgan fingerprint density at radius 2 is 2.27 bits per heavy atom. The zero-order valence-corrected chi connectivity index (χ0v) is 8.14. The molecule has 1 aromatic heterocycles. The van der Waals surface area contributed by atoms with Crippen molar-refractivity contribution >= 4 is 6.29 Å². The summed E-state index contributed by atoms with van der Waals surface area (Å²) in [5.41, 5.74) is 0.779. The topological polar surface area (TPSA) is 34.9 Å². The molecule has 76 valence electrons. The van der Waals surface area contributed by atoms with Crippen LogP contribution in [-0.4, -0.2) is 15.8 Å². The summed E-state index contributed by atoms with van der Waals surface area (Å²) in [5.74, 6) is 0.131. The maximum Gasteiger partial charge on any atom is 0.150 e. The number of aldehydes is 1. The Morgan fingerprint density at radius 1 is 1.47 bits per heavy atom. The number of aryl methyl sites for hydroxylation is 1. The summed E-state index contributed by atoms with van der Waals surface area (Å²) in [6.45, 7) is 0. The van der Waals surface area contributed by atoms with Gasteiger partial charge in [-0.1, -0.05) is 0 Å². The second kappa shape index (κ2) is 3.65. The highest BCUT2D eigenvalue weighted by molar-refractivity contribution is 5.77. The Morgan fingerprint density at radius 3 is 2.87 bits per heavy atom. The van der Waals surface area contributed by atoms with E-state index in [1.807, 2.05) is 0 Å². The molecule has 0 amide bonds. The second-order valence-corrected chi connectivity index (χ2v) is 3.22. The fourth-order valence-electron chi connectivity index (χ4n) is 1.41. The number of carbonyl (C=O) groups is 1. The van der Waals surface area contributed by atoms with Gasteiger partial charge in [-0.05, 0) is 18.2 Å². The number of nitrogens with zero attached hydrogens (tertiary/aromatic N) is 2. The van der Waals surface area contributed by atoms with Crippen molar-refractivity contribution < 1.29 is 9.18 Å². The number of hydrogen-bond donors (Lipinski definition) is 0. The van der Waals surface area contributed by atoms with Gasteiger partial charge in [-0.3, -0.25) is 4.79 Å². The molecule has 0 fully saturated rings. The molecule has 3 nitrogen and oxygen atoms in total. The van der Waals surface area contributed by atoms with Crippen LogP contribution in [0.2, 0.25) is 0 Å². The predicted molar refractivity (Wildman–Crippen MR) is 54.0 cm³/mol. The minimum Gasteiger partial charge on any atom is -0.334 e. The van der Waals surface area contributed by atoms with Crippen molar-refractivity contribution in [2.75, 3.05) is 0 Å². The van der Waals surface area contributed by atoms with Crippen molar-refractivity contribution in [2.24, 2.45) is 7.05 Å². The van der Waals surface area contributed by atoms with Gasteiger partial charge in [0, 0.05) is 25.0 Å². The van der Waals surface area contributed by atoms with E-state index in [-0.39, 0.29) is 5.82 Å². The molecule has 15 heavy (non-hydrogen) atoms. The van der Waals surface area contributed by atoms with Gasteiger partial charge in [-0.25, -0.2) is 9.37 Å². The number of rotatable bonds is 2. The van der Waals surface area contributed by atoms with E-state index in [0.29, 0.717) is 23.2 Å². The summed E-state index contributed by atoms with van der Waals surface area (Å²) < 4.78 is 15.2. The first-order valence-corrected chi connectivity index (χ1v) is 4.45. The molecule has 2 rings (SSSR count). The molecule has 0 saturated heterocycles. The third-order valence-electron chi connectivity index (χ3n) is 2.19. The van der Waals surface area contributed by atoms with Crippen LogP contribution < -0.4 is 0 Å². The molecule has 0 bridgehead atoms. The first kappa shape index (κ1) is 9.58. The minimum atomic E-state index is -0.380. The van der Waals surface area contributed by atoms with Crippen LogP contribution in [0.4, 0.5) is 4.39 Å². The summed E-state index contributed by atoms with van der Waals surface area (Å²) in [6.07, 6.45) is 4.00. The fourth-order valence-corrected chi connectivity index (χ4v) is 1.41. The van der Waals surface area contributed by atoms with Gasteiger partial charge in [0.2, 0.25) is 0 Å². The third-order valence-corrected chi connectivity index (χ3v) is 2.19. The Bertz CT molecular complexity index is 505. The third kappa shape index (κ3) is 1.66. The molecule has 0 saturated carbocycles. The highest BCUT2D eigenvalue weighted by Crippen LogP contribution is 2.21. The summed E-state index contributed by atoms with van der Waals surface area (Å²) >= 11 is 0. The Balaban J connectivity index is 2.61. The van der Waals surface area contributed by atoms with Crippen LogP contribution in [0.3, 0.4) is 0 Å². The van der Waals surface area contributed by atoms with E-state index in [1.165, 1.54) is 18.2 Å². The lowest BCUT2D eigenvalue weighted by Gasteiger charge is -2.03. The van der Waals surface area contributed by atoms with Gasteiger partial charge in [0.25, 0.3) is 0 Å². The van der Waals surface area contributed by atoms with Crippen LogP contribution in [0.25, 0.3) is 11.4 Å². The van der Waals surface area contributed by atoms with Crippen LogP contribution in [-0.2, 0) is 7.05 Å². The van der Waals surface area contributed by atoms with E-state index in [1.54, 1.807) is 24.0 Å². The van der Waals surface area contributed by atoms with Gasteiger partial charge >= 0.3 is 0 Å². The number of carbonyl (C=O) groups excluding carboxylic acids is 1. The van der Waals surface area contributed by atoms with Crippen molar-refractivity contribution in [1.29, 1.82) is 0 Å². The smallest absolute Gasteiger partial charge is 0.150 e. The number of halogens is 1. The van der Waals surface area contributed by atoms with Gasteiger partial charge in [0.05, 0.1) is 5.56 Å². The van der Waals surface area contributed by atoms with Crippen molar-refractivity contribution in [2.45, 2.75) is 0 Å². The molecule has 1 aromatic carbocycles. The van der Waals surface area contributed by atoms with Crippen LogP contribution >= 0.6 is 0 Å². The van der Waals surface area contributed by atoms with E-state index >= 15 is 0 Å². The van der Waals surface area contributed by atoms with Gasteiger partial charge < -0.3 is 4.57 Å². The van der Waals surface area contributed by atoms with E-state index in [0.717, 1.165) is 0 Å². The summed E-state index contributed by atoms with van der Waals surface area (Å²) in [7, 11) is 1.77. The molecule has 1 heterocycles. The molecule has 0 unspecified atom stereocenters. The zero-order chi connectivity index (χ0) is 10.8. The van der Waals surface area contributed by atoms with Gasteiger partial charge in [-0.2, -0.15) is 0 Å². The van der Waals surface area contributed by atoms with Crippen LogP contribution in [0.5, 0.6) is 0 Å². The molecular weight excluding hydrogens is 195 g/mol. The normalized spacial score (nSPS) is 10.3. The van der Waals surface area contributed by atoms with Crippen molar-refractivity contribution in [1.82, 2.24) is 9.55 Å². The van der Waals surface area contributed by atoms with Gasteiger partial charge in [0.15, 0.2) is 0 Å². The average Bonchev–Trinajstić information content (AvgIpc) is 2.65. The van der Waals surface area contributed by atoms with E-state index < -0.39 is 0 Å². The molecular formula is C11H9FN2O. The van der Waals surface area contributed by atoms with Crippen molar-refractivity contribution in [3.8, 4) is 11.4 Å². The predicted octanol–water partition coefficient (Wildman–Crippen LogP) is 2.04. The molecule has 0 aliphatic carbocycles. The van der Waals surface area contributed by atoms with Crippen LogP contribution in [0, 0.1) is 5.82 Å². The van der Waals surface area contributed by atoms with E-state index in [4.69, 9.17) is 0 Å². The standard InChI is InChI=1S/C11H9FN2O/c1-14-5-4-13-11(14)9-6-8(7-15)2-3-10(9)12/h2-7H,1H3. The molecule has 0 spiro atoms. The fraction of sp³-hybridized carbons (Fsp3) is 0.0909. The second-order valence-electron chi connectivity index (χ2n) is 3.22. The Hall–Kier alpha value is -1.97. The summed E-state index contributed by atoms with van der Waals surface area (Å²) in [4.78, 5) is 14.6. The van der Waals surface area contributed by atoms with E-state index in [9.17, 15) is 9.18 Å².